The number of carboxylic acid groups (broad SMARTS) is 1. The van der Waals surface area contributed by atoms with Crippen molar-refractivity contribution in [3.63, 3.8) is 0 Å². The van der Waals surface area contributed by atoms with Crippen molar-refractivity contribution in [3.05, 3.63) is 11.8 Å². The lowest BCUT2D eigenvalue weighted by Crippen LogP contribution is -2.25. The van der Waals surface area contributed by atoms with Crippen molar-refractivity contribution in [3.8, 4) is 0 Å². The van der Waals surface area contributed by atoms with E-state index >= 15 is 0 Å². The zero-order valence-corrected chi connectivity index (χ0v) is 11.1. The highest BCUT2D eigenvalue weighted by Crippen LogP contribution is 2.25. The smallest absolute Gasteiger partial charge is 0.303 e. The molecule has 1 heterocycles. The topological polar surface area (TPSA) is 84.2 Å². The van der Waals surface area contributed by atoms with Crippen LogP contribution in [0.3, 0.4) is 0 Å². The Kier molecular flexibility index (Phi) is 4.11. The molecule has 0 fully saturated rings. The zero-order chi connectivity index (χ0) is 13.9. The summed E-state index contributed by atoms with van der Waals surface area (Å²) in [5, 5.41) is 15.6. The molecule has 6 nitrogen and oxygen atoms in total. The van der Waals surface area contributed by atoms with E-state index in [0.29, 0.717) is 5.82 Å². The maximum absolute atomic E-state index is 11.8. The molecular formula is C12H19N3O3. The Hall–Kier alpha value is -1.85. The first-order valence-corrected chi connectivity index (χ1v) is 5.72. The van der Waals surface area contributed by atoms with Gasteiger partial charge in [-0.1, -0.05) is 13.8 Å². The van der Waals surface area contributed by atoms with Crippen LogP contribution >= 0.6 is 0 Å². The maximum Gasteiger partial charge on any atom is 0.303 e. The van der Waals surface area contributed by atoms with Crippen molar-refractivity contribution >= 4 is 17.7 Å². The number of amides is 1. The molecule has 1 rings (SSSR count). The number of nitrogens with one attached hydrogen (secondary N) is 1. The molecule has 100 valence electrons. The number of carbonyl (C=O) groups excluding carboxylic acids is 1. The third kappa shape index (κ3) is 4.20. The summed E-state index contributed by atoms with van der Waals surface area (Å²) < 4.78 is 1.58. The lowest BCUT2D eigenvalue weighted by atomic mass is 9.85. The molecule has 0 bridgehead atoms. The summed E-state index contributed by atoms with van der Waals surface area (Å²) in [6.07, 6.45) is 0.119. The van der Waals surface area contributed by atoms with Crippen LogP contribution in [0.2, 0.25) is 0 Å². The molecule has 0 aliphatic rings. The molecule has 1 aromatic rings. The van der Waals surface area contributed by atoms with E-state index in [1.54, 1.807) is 31.6 Å². The van der Waals surface area contributed by atoms with Crippen LogP contribution < -0.4 is 5.32 Å². The second-order valence-electron chi connectivity index (χ2n) is 5.25. The van der Waals surface area contributed by atoms with Gasteiger partial charge >= 0.3 is 5.97 Å². The summed E-state index contributed by atoms with van der Waals surface area (Å²) in [7, 11) is 1.74. The van der Waals surface area contributed by atoms with E-state index in [-0.39, 0.29) is 18.7 Å². The van der Waals surface area contributed by atoms with Gasteiger partial charge in [-0.2, -0.15) is 5.10 Å². The largest absolute Gasteiger partial charge is 0.481 e. The number of anilines is 1. The molecule has 1 aromatic heterocycles. The third-order valence-electron chi connectivity index (χ3n) is 2.54. The van der Waals surface area contributed by atoms with Gasteiger partial charge in [0, 0.05) is 19.5 Å². The lowest BCUT2D eigenvalue weighted by molar-refractivity contribution is -0.139. The molecule has 0 aliphatic carbocycles. The Balaban J connectivity index is 2.62. The van der Waals surface area contributed by atoms with Gasteiger partial charge in [-0.05, 0) is 12.3 Å². The van der Waals surface area contributed by atoms with Crippen molar-refractivity contribution in [2.24, 2.45) is 12.5 Å². The number of hydrogen-bond donors (Lipinski definition) is 2. The SMILES string of the molecule is Cc1cc(NC(=O)CC(C)(C)CC(=O)O)n(C)n1. The van der Waals surface area contributed by atoms with Crippen LogP contribution in [0.4, 0.5) is 5.82 Å². The predicted octanol–water partition coefficient (Wildman–Crippen LogP) is 1.56. The van der Waals surface area contributed by atoms with Crippen LogP contribution in [-0.4, -0.2) is 26.8 Å². The van der Waals surface area contributed by atoms with Gasteiger partial charge in [0.05, 0.1) is 12.1 Å². The molecule has 1 amide bonds. The quantitative estimate of drug-likeness (QED) is 0.834. The summed E-state index contributed by atoms with van der Waals surface area (Å²) in [6, 6.07) is 1.77. The normalized spacial score (nSPS) is 11.3. The van der Waals surface area contributed by atoms with Gasteiger partial charge in [0.2, 0.25) is 5.91 Å². The molecule has 0 radical (unpaired) electrons. The highest BCUT2D eigenvalue weighted by Gasteiger charge is 2.25. The second kappa shape index (κ2) is 5.20. The number of carbonyl (C=O) groups is 2. The highest BCUT2D eigenvalue weighted by atomic mass is 16.4. The molecule has 0 spiro atoms. The number of hydrogen-bond acceptors (Lipinski definition) is 3. The van der Waals surface area contributed by atoms with E-state index in [1.807, 2.05) is 6.92 Å². The molecule has 0 atom stereocenters. The Labute approximate surface area is 106 Å². The predicted molar refractivity (Wildman–Crippen MR) is 67.2 cm³/mol. The standard InChI is InChI=1S/C12H19N3O3/c1-8-5-9(15(4)14-8)13-10(16)6-12(2,3)7-11(17)18/h5H,6-7H2,1-4H3,(H,13,16)(H,17,18). The van der Waals surface area contributed by atoms with Crippen molar-refractivity contribution in [1.29, 1.82) is 0 Å². The van der Waals surface area contributed by atoms with Gasteiger partial charge in [-0.25, -0.2) is 0 Å². The summed E-state index contributed by atoms with van der Waals surface area (Å²) in [5.74, 6) is -0.489. The molecular weight excluding hydrogens is 234 g/mol. The number of aryl methyl sites for hydroxylation is 2. The third-order valence-corrected chi connectivity index (χ3v) is 2.54. The fraction of sp³-hybridized carbons (Fsp3) is 0.583. The minimum atomic E-state index is -0.899. The van der Waals surface area contributed by atoms with Crippen LogP contribution in [0.5, 0.6) is 0 Å². The second-order valence-corrected chi connectivity index (χ2v) is 5.25. The summed E-state index contributed by atoms with van der Waals surface area (Å²) in [4.78, 5) is 22.5. The van der Waals surface area contributed by atoms with Crippen molar-refractivity contribution in [1.82, 2.24) is 9.78 Å². The molecule has 0 saturated carbocycles. The van der Waals surface area contributed by atoms with Crippen LogP contribution in [0.1, 0.15) is 32.4 Å². The van der Waals surface area contributed by atoms with Gasteiger partial charge in [-0.3, -0.25) is 14.3 Å². The van der Waals surface area contributed by atoms with Crippen LogP contribution in [0.25, 0.3) is 0 Å². The van der Waals surface area contributed by atoms with Crippen molar-refractivity contribution in [2.75, 3.05) is 5.32 Å². The first-order chi connectivity index (χ1) is 8.19. The van der Waals surface area contributed by atoms with E-state index in [2.05, 4.69) is 10.4 Å². The maximum atomic E-state index is 11.8. The monoisotopic (exact) mass is 253 g/mol. The number of carboxylic acids is 1. The molecule has 0 aromatic carbocycles. The molecule has 0 unspecified atom stereocenters. The van der Waals surface area contributed by atoms with Gasteiger partial charge in [0.15, 0.2) is 0 Å². The first kappa shape index (κ1) is 14.2. The van der Waals surface area contributed by atoms with Crippen molar-refractivity contribution in [2.45, 2.75) is 33.6 Å². The average Bonchev–Trinajstić information content (AvgIpc) is 2.40. The Morgan fingerprint density at radius 3 is 2.50 bits per heavy atom. The molecule has 6 heteroatoms. The number of aromatic nitrogens is 2. The zero-order valence-electron chi connectivity index (χ0n) is 11.1. The van der Waals surface area contributed by atoms with Crippen molar-refractivity contribution < 1.29 is 14.7 Å². The van der Waals surface area contributed by atoms with Gasteiger partial charge in [0.1, 0.15) is 5.82 Å². The number of rotatable bonds is 5. The van der Waals surface area contributed by atoms with Gasteiger partial charge < -0.3 is 10.4 Å². The summed E-state index contributed by atoms with van der Waals surface area (Å²) >= 11 is 0. The molecule has 0 saturated heterocycles. The Bertz CT molecular complexity index is 463. The Morgan fingerprint density at radius 2 is 2.06 bits per heavy atom. The molecule has 2 N–H and O–H groups in total. The molecule has 18 heavy (non-hydrogen) atoms. The van der Waals surface area contributed by atoms with Crippen LogP contribution in [-0.2, 0) is 16.6 Å². The van der Waals surface area contributed by atoms with Crippen LogP contribution in [0, 0.1) is 12.3 Å². The fourth-order valence-corrected chi connectivity index (χ4v) is 1.82. The first-order valence-electron chi connectivity index (χ1n) is 5.72. The molecule has 0 aliphatic heterocycles. The Morgan fingerprint density at radius 1 is 1.44 bits per heavy atom. The van der Waals surface area contributed by atoms with E-state index in [1.165, 1.54) is 0 Å². The fourth-order valence-electron chi connectivity index (χ4n) is 1.82. The summed E-state index contributed by atoms with van der Waals surface area (Å²) in [6.45, 7) is 5.36. The van der Waals surface area contributed by atoms with Gasteiger partial charge in [0.25, 0.3) is 0 Å². The van der Waals surface area contributed by atoms with E-state index in [0.717, 1.165) is 5.69 Å². The lowest BCUT2D eigenvalue weighted by Gasteiger charge is -2.21. The minimum absolute atomic E-state index is 0.0369. The van der Waals surface area contributed by atoms with E-state index in [4.69, 9.17) is 5.11 Å². The van der Waals surface area contributed by atoms with E-state index in [9.17, 15) is 9.59 Å². The van der Waals surface area contributed by atoms with E-state index < -0.39 is 11.4 Å². The average molecular weight is 253 g/mol. The highest BCUT2D eigenvalue weighted by molar-refractivity contribution is 5.90. The number of aliphatic carboxylic acids is 1. The summed E-state index contributed by atoms with van der Waals surface area (Å²) in [5.41, 5.74) is 0.251. The van der Waals surface area contributed by atoms with Gasteiger partial charge in [-0.15, -0.1) is 0 Å². The van der Waals surface area contributed by atoms with Crippen LogP contribution in [0.15, 0.2) is 6.07 Å². The minimum Gasteiger partial charge on any atom is -0.481 e. The number of nitrogens with zero attached hydrogens (tertiary/aromatic N) is 2.